The van der Waals surface area contributed by atoms with Crippen LogP contribution >= 0.6 is 0 Å². The summed E-state index contributed by atoms with van der Waals surface area (Å²) in [7, 11) is 2.31. The van der Waals surface area contributed by atoms with Crippen molar-refractivity contribution in [3.05, 3.63) is 12.7 Å². The van der Waals surface area contributed by atoms with Crippen molar-refractivity contribution in [2.24, 2.45) is 0 Å². The Balaban J connectivity index is 3.41. The van der Waals surface area contributed by atoms with Gasteiger partial charge >= 0.3 is 0 Å². The molecule has 2 heteroatoms. The lowest BCUT2D eigenvalue weighted by molar-refractivity contribution is -0.904. The molecule has 1 N–H and O–H groups in total. The van der Waals surface area contributed by atoms with E-state index in [0.717, 1.165) is 24.0 Å². The largest absolute Gasteiger partial charge is 0.393 e. The van der Waals surface area contributed by atoms with Crippen LogP contribution in [0.5, 0.6) is 0 Å². The minimum absolute atomic E-state index is 0.187. The molecule has 0 aromatic heterocycles. The van der Waals surface area contributed by atoms with Gasteiger partial charge in [0.2, 0.25) is 0 Å². The summed E-state index contributed by atoms with van der Waals surface area (Å²) in [5, 5.41) is 9.56. The number of unbranched alkanes of at least 4 members (excludes halogenated alkanes) is 15. The number of hydrogen-bond acceptors (Lipinski definition) is 1. The number of quaternary nitrogens is 1. The first-order valence-electron chi connectivity index (χ1n) is 12.7. The molecule has 0 aromatic carbocycles. The fraction of sp³-hybridized carbons (Fsp3) is 0.923. The van der Waals surface area contributed by atoms with Crippen molar-refractivity contribution in [3.63, 3.8) is 0 Å². The molecule has 0 heterocycles. The van der Waals surface area contributed by atoms with Gasteiger partial charge in [-0.3, -0.25) is 0 Å². The lowest BCUT2D eigenvalue weighted by atomic mass is 10.0. The molecule has 0 rings (SSSR count). The van der Waals surface area contributed by atoms with Crippen molar-refractivity contribution in [2.45, 2.75) is 129 Å². The molecule has 2 nitrogen and oxygen atoms in total. The molecule has 0 bridgehead atoms. The summed E-state index contributed by atoms with van der Waals surface area (Å²) < 4.78 is 1.03. The van der Waals surface area contributed by atoms with Gasteiger partial charge in [-0.15, -0.1) is 0 Å². The highest BCUT2D eigenvalue weighted by atomic mass is 16.3. The highest BCUT2D eigenvalue weighted by Gasteiger charge is 2.19. The van der Waals surface area contributed by atoms with Crippen molar-refractivity contribution in [3.8, 4) is 0 Å². The first-order chi connectivity index (χ1) is 13.5. The fourth-order valence-corrected chi connectivity index (χ4v) is 4.15. The molecular formula is C26H54NO+. The van der Waals surface area contributed by atoms with Gasteiger partial charge in [0.05, 0.1) is 32.8 Å². The molecular weight excluding hydrogens is 342 g/mol. The predicted molar refractivity (Wildman–Crippen MR) is 127 cm³/mol. The van der Waals surface area contributed by atoms with E-state index in [4.69, 9.17) is 0 Å². The Hall–Kier alpha value is -0.340. The quantitative estimate of drug-likeness (QED) is 0.113. The minimum Gasteiger partial charge on any atom is -0.393 e. The highest BCUT2D eigenvalue weighted by Crippen LogP contribution is 2.15. The zero-order valence-corrected chi connectivity index (χ0v) is 19.9. The summed E-state index contributed by atoms with van der Waals surface area (Å²) in [6, 6.07) is 0. The number of aliphatic hydroxyl groups excluding tert-OH is 1. The van der Waals surface area contributed by atoms with Crippen LogP contribution in [0.2, 0.25) is 0 Å². The molecule has 0 radical (unpaired) electrons. The first-order valence-corrected chi connectivity index (χ1v) is 12.7. The molecule has 0 saturated heterocycles. The van der Waals surface area contributed by atoms with Crippen LogP contribution in [0.15, 0.2) is 12.7 Å². The van der Waals surface area contributed by atoms with E-state index in [2.05, 4.69) is 20.6 Å². The lowest BCUT2D eigenvalue weighted by Crippen LogP contribution is -2.46. The third kappa shape index (κ3) is 19.0. The lowest BCUT2D eigenvalue weighted by Gasteiger charge is -2.34. The molecule has 0 saturated carbocycles. The summed E-state index contributed by atoms with van der Waals surface area (Å²) in [6.45, 7) is 11.4. The fourth-order valence-electron chi connectivity index (χ4n) is 4.15. The van der Waals surface area contributed by atoms with Crippen molar-refractivity contribution in [1.29, 1.82) is 0 Å². The van der Waals surface area contributed by atoms with Crippen LogP contribution in [0.4, 0.5) is 0 Å². The second kappa shape index (κ2) is 20.0. The van der Waals surface area contributed by atoms with Gasteiger partial charge in [0.15, 0.2) is 0 Å². The maximum atomic E-state index is 9.56. The van der Waals surface area contributed by atoms with Gasteiger partial charge in [-0.05, 0) is 25.8 Å². The van der Waals surface area contributed by atoms with Crippen molar-refractivity contribution in [1.82, 2.24) is 0 Å². The third-order valence-corrected chi connectivity index (χ3v) is 6.21. The van der Waals surface area contributed by atoms with E-state index >= 15 is 0 Å². The average Bonchev–Trinajstić information content (AvgIpc) is 2.66. The van der Waals surface area contributed by atoms with Crippen LogP contribution in [0, 0.1) is 0 Å². The van der Waals surface area contributed by atoms with Crippen molar-refractivity contribution >= 4 is 0 Å². The van der Waals surface area contributed by atoms with Crippen LogP contribution < -0.4 is 0 Å². The molecule has 0 aliphatic heterocycles. The molecule has 0 aliphatic carbocycles. The topological polar surface area (TPSA) is 20.2 Å². The Labute approximate surface area is 178 Å². The van der Waals surface area contributed by atoms with Gasteiger partial charge < -0.3 is 9.59 Å². The Morgan fingerprint density at radius 3 is 1.46 bits per heavy atom. The van der Waals surface area contributed by atoms with E-state index in [1.165, 1.54) is 109 Å². The van der Waals surface area contributed by atoms with Crippen molar-refractivity contribution in [2.75, 3.05) is 26.7 Å². The number of nitrogens with zero attached hydrogens (tertiary/aromatic N) is 1. The summed E-state index contributed by atoms with van der Waals surface area (Å²) >= 11 is 0. The van der Waals surface area contributed by atoms with E-state index < -0.39 is 0 Å². The van der Waals surface area contributed by atoms with E-state index in [-0.39, 0.29) is 6.10 Å². The Kier molecular flexibility index (Phi) is 19.7. The summed E-state index contributed by atoms with van der Waals surface area (Å²) in [5.74, 6) is 0. The van der Waals surface area contributed by atoms with E-state index in [1.54, 1.807) is 0 Å². The normalized spacial score (nSPS) is 14.7. The summed E-state index contributed by atoms with van der Waals surface area (Å²) in [4.78, 5) is 0. The molecule has 0 fully saturated rings. The number of hydrogen-bond donors (Lipinski definition) is 1. The number of rotatable bonds is 22. The summed E-state index contributed by atoms with van der Waals surface area (Å²) in [6.07, 6.45) is 25.5. The van der Waals surface area contributed by atoms with Gasteiger partial charge in [0.1, 0.15) is 0 Å². The molecule has 0 aliphatic rings. The van der Waals surface area contributed by atoms with Crippen LogP contribution in [0.25, 0.3) is 0 Å². The van der Waals surface area contributed by atoms with Gasteiger partial charge in [0, 0.05) is 6.42 Å². The maximum Gasteiger partial charge on any atom is 0.0969 e. The summed E-state index contributed by atoms with van der Waals surface area (Å²) in [5.41, 5.74) is 0. The van der Waals surface area contributed by atoms with Gasteiger partial charge in [-0.25, -0.2) is 0 Å². The van der Waals surface area contributed by atoms with Gasteiger partial charge in [0.25, 0.3) is 0 Å². The molecule has 168 valence electrons. The standard InChI is InChI=1S/C26H54NO/c1-5-7-8-9-10-11-12-13-14-15-16-17-18-19-20-21-24-27(4,23-6-2)25-22-26(3)28/h6,26,28H,2,5,7-25H2,1,3-4H3/q+1. The minimum atomic E-state index is -0.187. The Morgan fingerprint density at radius 2 is 1.11 bits per heavy atom. The number of likely N-dealkylation sites (N-methyl/N-ethyl adjacent to an activating group) is 1. The third-order valence-electron chi connectivity index (χ3n) is 6.21. The van der Waals surface area contributed by atoms with Crippen molar-refractivity contribution < 1.29 is 9.59 Å². The highest BCUT2D eigenvalue weighted by molar-refractivity contribution is 4.66. The molecule has 28 heavy (non-hydrogen) atoms. The molecule has 0 aromatic rings. The smallest absolute Gasteiger partial charge is 0.0969 e. The number of aliphatic hydroxyl groups is 1. The van der Waals surface area contributed by atoms with E-state index in [9.17, 15) is 5.11 Å². The average molecular weight is 397 g/mol. The SMILES string of the molecule is C=CC[N+](C)(CCCCCCCCCCCCCCCCCC)CCC(C)O. The van der Waals surface area contributed by atoms with E-state index in [0.29, 0.717) is 0 Å². The zero-order valence-electron chi connectivity index (χ0n) is 19.9. The van der Waals surface area contributed by atoms with Crippen LogP contribution in [0.3, 0.4) is 0 Å². The maximum absolute atomic E-state index is 9.56. The second-order valence-electron chi connectivity index (χ2n) is 9.48. The van der Waals surface area contributed by atoms with E-state index in [1.807, 2.05) is 13.0 Å². The van der Waals surface area contributed by atoms with Gasteiger partial charge in [-0.2, -0.15) is 0 Å². The predicted octanol–water partition coefficient (Wildman–Crippen LogP) is 7.65. The molecule has 2 unspecified atom stereocenters. The first kappa shape index (κ1) is 27.7. The van der Waals surface area contributed by atoms with Crippen LogP contribution in [-0.4, -0.2) is 42.4 Å². The molecule has 0 spiro atoms. The zero-order chi connectivity index (χ0) is 20.9. The Bertz CT molecular complexity index is 328. The van der Waals surface area contributed by atoms with Gasteiger partial charge in [-0.1, -0.05) is 103 Å². The van der Waals surface area contributed by atoms with Crippen LogP contribution in [0.1, 0.15) is 123 Å². The molecule has 0 amide bonds. The monoisotopic (exact) mass is 396 g/mol. The second-order valence-corrected chi connectivity index (χ2v) is 9.48. The Morgan fingerprint density at radius 1 is 0.714 bits per heavy atom. The van der Waals surface area contributed by atoms with Crippen LogP contribution in [-0.2, 0) is 0 Å². The molecule has 2 atom stereocenters.